The number of esters is 1. The van der Waals surface area contributed by atoms with E-state index in [1.165, 1.54) is 4.90 Å². The number of hydrogen-bond donors (Lipinski definition) is 0. The molecule has 0 atom stereocenters. The molecule has 0 bridgehead atoms. The average molecular weight is 407 g/mol. The standard InChI is InChI=1S/C24H26N2O2S/c1-3-28-24(27)17-11-9-16(10-12-17)21-15-19-7-5-13-25-22(19)23(26-21)18-6-4-8-20(14-18)29-2/h4-8,13-17H,3,9-12H2,1-2H3. The van der Waals surface area contributed by atoms with Gasteiger partial charge in [-0.05, 0) is 63.1 Å². The van der Waals surface area contributed by atoms with Crippen molar-refractivity contribution < 1.29 is 9.53 Å². The fraction of sp³-hybridized carbons (Fsp3) is 0.375. The van der Waals surface area contributed by atoms with Gasteiger partial charge in [0.15, 0.2) is 0 Å². The van der Waals surface area contributed by atoms with Crippen molar-refractivity contribution in [3.8, 4) is 11.3 Å². The number of aromatic nitrogens is 2. The van der Waals surface area contributed by atoms with Gasteiger partial charge in [-0.15, -0.1) is 11.8 Å². The van der Waals surface area contributed by atoms with Gasteiger partial charge < -0.3 is 4.74 Å². The Labute approximate surface area is 176 Å². The second-order valence-electron chi connectivity index (χ2n) is 7.50. The van der Waals surface area contributed by atoms with E-state index in [1.54, 1.807) is 11.8 Å². The highest BCUT2D eigenvalue weighted by Gasteiger charge is 2.29. The van der Waals surface area contributed by atoms with Gasteiger partial charge in [-0.3, -0.25) is 14.8 Å². The van der Waals surface area contributed by atoms with E-state index < -0.39 is 0 Å². The highest BCUT2D eigenvalue weighted by atomic mass is 32.2. The summed E-state index contributed by atoms with van der Waals surface area (Å²) < 4.78 is 5.21. The van der Waals surface area contributed by atoms with Crippen molar-refractivity contribution in [1.82, 2.24) is 9.97 Å². The molecule has 2 heterocycles. The first-order valence-electron chi connectivity index (χ1n) is 10.3. The Morgan fingerprint density at radius 3 is 2.72 bits per heavy atom. The second kappa shape index (κ2) is 8.95. The van der Waals surface area contributed by atoms with Crippen LogP contribution < -0.4 is 0 Å². The summed E-state index contributed by atoms with van der Waals surface area (Å²) in [5, 5.41) is 1.12. The summed E-state index contributed by atoms with van der Waals surface area (Å²) in [6, 6.07) is 14.8. The summed E-state index contributed by atoms with van der Waals surface area (Å²) in [4.78, 5) is 23.0. The quantitative estimate of drug-likeness (QED) is 0.393. The lowest BCUT2D eigenvalue weighted by molar-refractivity contribution is -0.149. The maximum atomic E-state index is 12.1. The van der Waals surface area contributed by atoms with Crippen LogP contribution in [0.1, 0.15) is 44.2 Å². The predicted molar refractivity (Wildman–Crippen MR) is 118 cm³/mol. The van der Waals surface area contributed by atoms with E-state index in [4.69, 9.17) is 9.72 Å². The number of carbonyl (C=O) groups is 1. The highest BCUT2D eigenvalue weighted by molar-refractivity contribution is 7.98. The predicted octanol–water partition coefficient (Wildman–Crippen LogP) is 5.86. The molecule has 3 aromatic rings. The molecule has 5 heteroatoms. The van der Waals surface area contributed by atoms with Crippen molar-refractivity contribution in [1.29, 1.82) is 0 Å². The Bertz CT molecular complexity index is 1010. The van der Waals surface area contributed by atoms with Gasteiger partial charge in [-0.2, -0.15) is 0 Å². The summed E-state index contributed by atoms with van der Waals surface area (Å²) in [6.07, 6.45) is 7.58. The third-order valence-corrected chi connectivity index (χ3v) is 6.44. The lowest BCUT2D eigenvalue weighted by Gasteiger charge is -2.27. The van der Waals surface area contributed by atoms with Crippen LogP contribution in [0.2, 0.25) is 0 Å². The van der Waals surface area contributed by atoms with E-state index in [1.807, 2.05) is 19.2 Å². The van der Waals surface area contributed by atoms with Crippen molar-refractivity contribution in [3.63, 3.8) is 0 Å². The summed E-state index contributed by atoms with van der Waals surface area (Å²) in [5.74, 6) is 0.356. The van der Waals surface area contributed by atoms with Gasteiger partial charge in [0.05, 0.1) is 23.7 Å². The lowest BCUT2D eigenvalue weighted by atomic mass is 9.80. The smallest absolute Gasteiger partial charge is 0.308 e. The zero-order valence-electron chi connectivity index (χ0n) is 16.9. The number of thioether (sulfide) groups is 1. The Hall–Kier alpha value is -2.40. The van der Waals surface area contributed by atoms with Crippen LogP contribution in [0.4, 0.5) is 0 Å². The van der Waals surface area contributed by atoms with Gasteiger partial charge >= 0.3 is 5.97 Å². The van der Waals surface area contributed by atoms with Gasteiger partial charge in [-0.1, -0.05) is 18.2 Å². The Kier molecular flexibility index (Phi) is 6.14. The first-order chi connectivity index (χ1) is 14.2. The van der Waals surface area contributed by atoms with Crippen LogP contribution in [0.15, 0.2) is 53.6 Å². The van der Waals surface area contributed by atoms with Crippen molar-refractivity contribution in [2.75, 3.05) is 12.9 Å². The van der Waals surface area contributed by atoms with E-state index in [-0.39, 0.29) is 11.9 Å². The highest BCUT2D eigenvalue weighted by Crippen LogP contribution is 2.38. The monoisotopic (exact) mass is 406 g/mol. The molecule has 1 fully saturated rings. The maximum absolute atomic E-state index is 12.1. The van der Waals surface area contributed by atoms with E-state index in [9.17, 15) is 4.79 Å². The molecule has 0 saturated heterocycles. The molecule has 150 valence electrons. The van der Waals surface area contributed by atoms with Crippen LogP contribution in [0.5, 0.6) is 0 Å². The van der Waals surface area contributed by atoms with Crippen LogP contribution in [0.25, 0.3) is 22.2 Å². The Morgan fingerprint density at radius 1 is 1.14 bits per heavy atom. The van der Waals surface area contributed by atoms with Crippen molar-refractivity contribution in [2.45, 2.75) is 43.4 Å². The zero-order chi connectivity index (χ0) is 20.2. The average Bonchev–Trinajstić information content (AvgIpc) is 2.78. The van der Waals surface area contributed by atoms with Crippen LogP contribution >= 0.6 is 11.8 Å². The lowest BCUT2D eigenvalue weighted by Crippen LogP contribution is -2.23. The van der Waals surface area contributed by atoms with Gasteiger partial charge in [0.25, 0.3) is 0 Å². The van der Waals surface area contributed by atoms with Crippen LogP contribution in [0, 0.1) is 5.92 Å². The number of pyridine rings is 2. The first kappa shape index (κ1) is 19.9. The largest absolute Gasteiger partial charge is 0.466 e. The van der Waals surface area contributed by atoms with Crippen molar-refractivity contribution in [3.05, 3.63) is 54.4 Å². The number of benzene rings is 1. The maximum Gasteiger partial charge on any atom is 0.308 e. The molecular weight excluding hydrogens is 380 g/mol. The molecule has 1 aromatic carbocycles. The Balaban J connectivity index is 1.67. The molecule has 29 heavy (non-hydrogen) atoms. The minimum atomic E-state index is -0.0452. The summed E-state index contributed by atoms with van der Waals surface area (Å²) in [5.41, 5.74) is 4.09. The molecule has 0 spiro atoms. The molecule has 0 amide bonds. The molecule has 1 aliphatic rings. The van der Waals surface area contributed by atoms with Crippen LogP contribution in [0.3, 0.4) is 0 Å². The number of fused-ring (bicyclic) bond motifs is 1. The van der Waals surface area contributed by atoms with Crippen molar-refractivity contribution >= 4 is 28.6 Å². The third-order valence-electron chi connectivity index (χ3n) is 5.72. The Morgan fingerprint density at radius 2 is 1.97 bits per heavy atom. The fourth-order valence-electron chi connectivity index (χ4n) is 4.17. The minimum absolute atomic E-state index is 0.0334. The van der Waals surface area contributed by atoms with Gasteiger partial charge in [0.1, 0.15) is 0 Å². The molecule has 1 saturated carbocycles. The first-order valence-corrected chi connectivity index (χ1v) is 11.5. The van der Waals surface area contributed by atoms with E-state index in [0.717, 1.165) is 53.5 Å². The second-order valence-corrected chi connectivity index (χ2v) is 8.38. The van der Waals surface area contributed by atoms with Gasteiger partial charge in [-0.25, -0.2) is 0 Å². The number of hydrogen-bond acceptors (Lipinski definition) is 5. The van der Waals surface area contributed by atoms with Crippen molar-refractivity contribution in [2.24, 2.45) is 5.92 Å². The molecule has 0 radical (unpaired) electrons. The topological polar surface area (TPSA) is 52.1 Å². The third kappa shape index (κ3) is 4.30. The van der Waals surface area contributed by atoms with Gasteiger partial charge in [0.2, 0.25) is 0 Å². The van der Waals surface area contributed by atoms with Gasteiger partial charge in [0, 0.05) is 33.7 Å². The molecular formula is C24H26N2O2S. The fourth-order valence-corrected chi connectivity index (χ4v) is 4.63. The molecule has 0 N–H and O–H groups in total. The van der Waals surface area contributed by atoms with E-state index >= 15 is 0 Å². The molecule has 0 unspecified atom stereocenters. The minimum Gasteiger partial charge on any atom is -0.466 e. The van der Waals surface area contributed by atoms with E-state index in [0.29, 0.717) is 12.5 Å². The molecule has 1 aliphatic carbocycles. The number of ether oxygens (including phenoxy) is 1. The van der Waals surface area contributed by atoms with E-state index in [2.05, 4.69) is 47.6 Å². The molecule has 2 aromatic heterocycles. The number of rotatable bonds is 5. The molecule has 4 nitrogen and oxygen atoms in total. The summed E-state index contributed by atoms with van der Waals surface area (Å²) >= 11 is 1.73. The SMILES string of the molecule is CCOC(=O)C1CCC(c2cc3cccnc3c(-c3cccc(SC)c3)n2)CC1. The molecule has 4 rings (SSSR count). The number of carbonyl (C=O) groups excluding carboxylic acids is 1. The molecule has 0 aliphatic heterocycles. The zero-order valence-corrected chi connectivity index (χ0v) is 17.7. The number of nitrogens with zero attached hydrogens (tertiary/aromatic N) is 2. The normalized spacial score (nSPS) is 19.2. The summed E-state index contributed by atoms with van der Waals surface area (Å²) in [7, 11) is 0. The summed E-state index contributed by atoms with van der Waals surface area (Å²) in [6.45, 7) is 2.32. The van der Waals surface area contributed by atoms with Crippen LogP contribution in [-0.4, -0.2) is 28.8 Å². The van der Waals surface area contributed by atoms with Crippen LogP contribution in [-0.2, 0) is 9.53 Å².